The standard InChI is InChI=1S/C16H17FN4/c1-10-7-15(13-5-4-6-14(17)16(13)20-10)18-8-12-9-19-21(3)11(12)2/h4-7,9H,8H2,1-3H3,(H,18,20). The molecule has 0 spiro atoms. The highest BCUT2D eigenvalue weighted by Crippen LogP contribution is 2.25. The third-order valence-corrected chi connectivity index (χ3v) is 3.72. The third kappa shape index (κ3) is 2.46. The van der Waals surface area contributed by atoms with E-state index in [0.29, 0.717) is 12.1 Å². The molecule has 4 nitrogen and oxygen atoms in total. The Bertz CT molecular complexity index is 807. The highest BCUT2D eigenvalue weighted by Gasteiger charge is 2.09. The van der Waals surface area contributed by atoms with Crippen molar-refractivity contribution in [2.24, 2.45) is 7.05 Å². The Hall–Kier alpha value is -2.43. The van der Waals surface area contributed by atoms with Crippen LogP contribution >= 0.6 is 0 Å². The van der Waals surface area contributed by atoms with Crippen molar-refractivity contribution >= 4 is 16.6 Å². The van der Waals surface area contributed by atoms with Gasteiger partial charge in [0.25, 0.3) is 0 Å². The van der Waals surface area contributed by atoms with Gasteiger partial charge in [0.1, 0.15) is 11.3 Å². The molecular formula is C16H17FN4. The minimum absolute atomic E-state index is 0.295. The van der Waals surface area contributed by atoms with Gasteiger partial charge >= 0.3 is 0 Å². The van der Waals surface area contributed by atoms with Crippen LogP contribution in [0.4, 0.5) is 10.1 Å². The molecule has 0 bridgehead atoms. The number of pyridine rings is 1. The Morgan fingerprint density at radius 3 is 2.81 bits per heavy atom. The Morgan fingerprint density at radius 1 is 1.29 bits per heavy atom. The Labute approximate surface area is 122 Å². The number of hydrogen-bond acceptors (Lipinski definition) is 3. The van der Waals surface area contributed by atoms with Crippen LogP contribution in [0.2, 0.25) is 0 Å². The van der Waals surface area contributed by atoms with E-state index < -0.39 is 0 Å². The summed E-state index contributed by atoms with van der Waals surface area (Å²) in [6.07, 6.45) is 1.85. The summed E-state index contributed by atoms with van der Waals surface area (Å²) >= 11 is 0. The van der Waals surface area contributed by atoms with Gasteiger partial charge in [0, 0.05) is 41.6 Å². The van der Waals surface area contributed by atoms with E-state index in [2.05, 4.69) is 15.4 Å². The number of para-hydroxylation sites is 1. The predicted molar refractivity (Wildman–Crippen MR) is 81.7 cm³/mol. The average molecular weight is 284 g/mol. The van der Waals surface area contributed by atoms with E-state index in [1.54, 1.807) is 6.07 Å². The SMILES string of the molecule is Cc1cc(NCc2cnn(C)c2C)c2cccc(F)c2n1. The van der Waals surface area contributed by atoms with Crippen LogP contribution < -0.4 is 5.32 Å². The predicted octanol–water partition coefficient (Wildman–Crippen LogP) is 3.34. The highest BCUT2D eigenvalue weighted by atomic mass is 19.1. The molecule has 108 valence electrons. The number of rotatable bonds is 3. The van der Waals surface area contributed by atoms with Gasteiger partial charge in [-0.3, -0.25) is 4.68 Å². The summed E-state index contributed by atoms with van der Waals surface area (Å²) in [5.41, 5.74) is 4.32. The lowest BCUT2D eigenvalue weighted by molar-refractivity contribution is 0.636. The maximum absolute atomic E-state index is 13.9. The number of aromatic nitrogens is 3. The lowest BCUT2D eigenvalue weighted by Gasteiger charge is -2.11. The van der Waals surface area contributed by atoms with Crippen LogP contribution in [0.15, 0.2) is 30.5 Å². The number of hydrogen-bond donors (Lipinski definition) is 1. The van der Waals surface area contributed by atoms with Crippen LogP contribution in [0.1, 0.15) is 17.0 Å². The molecular weight excluding hydrogens is 267 g/mol. The number of nitrogens with zero attached hydrogens (tertiary/aromatic N) is 3. The number of aryl methyl sites for hydroxylation is 2. The first-order valence-electron chi connectivity index (χ1n) is 6.83. The van der Waals surface area contributed by atoms with Crippen LogP contribution in [0.5, 0.6) is 0 Å². The van der Waals surface area contributed by atoms with E-state index in [1.807, 2.05) is 43.9 Å². The van der Waals surface area contributed by atoms with E-state index in [4.69, 9.17) is 0 Å². The van der Waals surface area contributed by atoms with Gasteiger partial charge in [-0.1, -0.05) is 12.1 Å². The molecule has 1 aromatic carbocycles. The Morgan fingerprint density at radius 2 is 2.10 bits per heavy atom. The van der Waals surface area contributed by atoms with Gasteiger partial charge in [-0.15, -0.1) is 0 Å². The molecule has 0 saturated carbocycles. The van der Waals surface area contributed by atoms with E-state index in [9.17, 15) is 4.39 Å². The first kappa shape index (κ1) is 13.5. The zero-order valence-electron chi connectivity index (χ0n) is 12.3. The Kier molecular flexibility index (Phi) is 3.33. The molecule has 2 heterocycles. The molecule has 0 amide bonds. The molecule has 2 aromatic heterocycles. The molecule has 0 saturated heterocycles. The van der Waals surface area contributed by atoms with Gasteiger partial charge in [-0.2, -0.15) is 5.10 Å². The van der Waals surface area contributed by atoms with Crippen molar-refractivity contribution in [2.75, 3.05) is 5.32 Å². The minimum Gasteiger partial charge on any atom is -0.380 e. The van der Waals surface area contributed by atoms with E-state index in [1.165, 1.54) is 6.07 Å². The third-order valence-electron chi connectivity index (χ3n) is 3.72. The first-order valence-corrected chi connectivity index (χ1v) is 6.83. The summed E-state index contributed by atoms with van der Waals surface area (Å²) in [6.45, 7) is 4.54. The average Bonchev–Trinajstić information content (AvgIpc) is 2.77. The summed E-state index contributed by atoms with van der Waals surface area (Å²) in [5, 5.41) is 8.39. The van der Waals surface area contributed by atoms with Crippen LogP contribution in [0.25, 0.3) is 10.9 Å². The van der Waals surface area contributed by atoms with Crippen LogP contribution in [-0.4, -0.2) is 14.8 Å². The fourth-order valence-electron chi connectivity index (χ4n) is 2.40. The fraction of sp³-hybridized carbons (Fsp3) is 0.250. The maximum Gasteiger partial charge on any atom is 0.149 e. The van der Waals surface area contributed by atoms with Gasteiger partial charge in [0.2, 0.25) is 0 Å². The van der Waals surface area contributed by atoms with Gasteiger partial charge in [-0.25, -0.2) is 9.37 Å². The summed E-state index contributed by atoms with van der Waals surface area (Å²) in [7, 11) is 1.92. The molecule has 0 aliphatic rings. The number of anilines is 1. The molecule has 0 fully saturated rings. The molecule has 0 aliphatic heterocycles. The summed E-state index contributed by atoms with van der Waals surface area (Å²) in [6, 6.07) is 6.95. The second-order valence-electron chi connectivity index (χ2n) is 5.18. The van der Waals surface area contributed by atoms with Crippen LogP contribution in [0.3, 0.4) is 0 Å². The van der Waals surface area contributed by atoms with Crippen molar-refractivity contribution in [3.63, 3.8) is 0 Å². The van der Waals surface area contributed by atoms with Crippen molar-refractivity contribution < 1.29 is 4.39 Å². The van der Waals surface area contributed by atoms with Gasteiger partial charge in [0.05, 0.1) is 6.20 Å². The fourth-order valence-corrected chi connectivity index (χ4v) is 2.40. The smallest absolute Gasteiger partial charge is 0.149 e. The normalized spacial score (nSPS) is 11.0. The number of nitrogens with one attached hydrogen (secondary N) is 1. The zero-order chi connectivity index (χ0) is 15.0. The van der Waals surface area contributed by atoms with Crippen molar-refractivity contribution in [2.45, 2.75) is 20.4 Å². The topological polar surface area (TPSA) is 42.7 Å². The maximum atomic E-state index is 13.9. The molecule has 5 heteroatoms. The second kappa shape index (κ2) is 5.16. The number of fused-ring (bicyclic) bond motifs is 1. The molecule has 21 heavy (non-hydrogen) atoms. The van der Waals surface area contributed by atoms with Crippen LogP contribution in [0, 0.1) is 19.7 Å². The molecule has 1 N–H and O–H groups in total. The molecule has 0 unspecified atom stereocenters. The van der Waals surface area contributed by atoms with E-state index >= 15 is 0 Å². The quantitative estimate of drug-likeness (QED) is 0.802. The van der Waals surface area contributed by atoms with E-state index in [0.717, 1.165) is 28.0 Å². The lowest BCUT2D eigenvalue weighted by atomic mass is 10.1. The lowest BCUT2D eigenvalue weighted by Crippen LogP contribution is -2.03. The summed E-state index contributed by atoms with van der Waals surface area (Å²) in [5.74, 6) is -0.295. The highest BCUT2D eigenvalue weighted by molar-refractivity contribution is 5.91. The van der Waals surface area contributed by atoms with Crippen LogP contribution in [-0.2, 0) is 13.6 Å². The molecule has 0 aliphatic carbocycles. The van der Waals surface area contributed by atoms with Crippen molar-refractivity contribution in [3.8, 4) is 0 Å². The van der Waals surface area contributed by atoms with Crippen molar-refractivity contribution in [3.05, 3.63) is 53.2 Å². The zero-order valence-corrected chi connectivity index (χ0v) is 12.3. The molecule has 3 aromatic rings. The molecule has 3 rings (SSSR count). The molecule has 0 atom stereocenters. The molecule has 0 radical (unpaired) electrons. The Balaban J connectivity index is 1.97. The van der Waals surface area contributed by atoms with Gasteiger partial charge < -0.3 is 5.32 Å². The van der Waals surface area contributed by atoms with Crippen molar-refractivity contribution in [1.82, 2.24) is 14.8 Å². The van der Waals surface area contributed by atoms with Gasteiger partial charge in [-0.05, 0) is 26.0 Å². The van der Waals surface area contributed by atoms with E-state index in [-0.39, 0.29) is 5.82 Å². The van der Waals surface area contributed by atoms with Gasteiger partial charge in [0.15, 0.2) is 0 Å². The largest absolute Gasteiger partial charge is 0.380 e. The summed E-state index contributed by atoms with van der Waals surface area (Å²) < 4.78 is 15.7. The summed E-state index contributed by atoms with van der Waals surface area (Å²) in [4.78, 5) is 4.28. The number of halogens is 1. The second-order valence-corrected chi connectivity index (χ2v) is 5.18. The number of benzene rings is 1. The first-order chi connectivity index (χ1) is 10.1. The monoisotopic (exact) mass is 284 g/mol. The van der Waals surface area contributed by atoms with Crippen molar-refractivity contribution in [1.29, 1.82) is 0 Å². The minimum atomic E-state index is -0.295.